The highest BCUT2D eigenvalue weighted by Crippen LogP contribution is 2.14. The molecule has 0 heterocycles. The number of Topliss-reactive ketones (excluding diaryl/α,β-unsaturated/α-hetero) is 1. The van der Waals surface area contributed by atoms with Crippen LogP contribution in [0, 0.1) is 5.41 Å². The second-order valence-electron chi connectivity index (χ2n) is 5.53. The fraction of sp³-hybridized carbons (Fsp3) is 0.857. The average Bonchev–Trinajstić information content (AvgIpc) is 2.40. The molecule has 0 atom stereocenters. The van der Waals surface area contributed by atoms with Crippen molar-refractivity contribution in [2.24, 2.45) is 11.1 Å². The van der Waals surface area contributed by atoms with Crippen LogP contribution in [-0.2, 0) is 23.8 Å². The first kappa shape index (κ1) is 20.0. The van der Waals surface area contributed by atoms with Crippen molar-refractivity contribution in [2.45, 2.75) is 20.8 Å². The fourth-order valence-electron chi connectivity index (χ4n) is 1.17. The molecule has 0 spiro atoms. The molecule has 1 amide bonds. The molecule has 0 fully saturated rings. The lowest BCUT2D eigenvalue weighted by molar-refractivity contribution is -0.134. The summed E-state index contributed by atoms with van der Waals surface area (Å²) in [6.45, 7) is 8.03. The summed E-state index contributed by atoms with van der Waals surface area (Å²) in [5.74, 6) is -0.296. The zero-order valence-electron chi connectivity index (χ0n) is 13.3. The van der Waals surface area contributed by atoms with Crippen molar-refractivity contribution >= 4 is 11.7 Å². The lowest BCUT2D eigenvalue weighted by Crippen LogP contribution is -2.33. The maximum Gasteiger partial charge on any atom is 0.246 e. The largest absolute Gasteiger partial charge is 0.378 e. The quantitative estimate of drug-likeness (QED) is 0.481. The monoisotopic (exact) mass is 304 g/mol. The molecular formula is C14H28N2O5. The van der Waals surface area contributed by atoms with Crippen LogP contribution in [0.25, 0.3) is 0 Å². The molecule has 0 aromatic heterocycles. The number of hydrogen-bond donors (Lipinski definition) is 2. The van der Waals surface area contributed by atoms with Crippen LogP contribution < -0.4 is 11.1 Å². The maximum atomic E-state index is 11.6. The summed E-state index contributed by atoms with van der Waals surface area (Å²) < 4.78 is 15.4. The van der Waals surface area contributed by atoms with Crippen molar-refractivity contribution in [2.75, 3.05) is 52.7 Å². The van der Waals surface area contributed by atoms with Gasteiger partial charge in [0.15, 0.2) is 5.78 Å². The van der Waals surface area contributed by atoms with Crippen LogP contribution in [0.15, 0.2) is 0 Å². The van der Waals surface area contributed by atoms with E-state index < -0.39 is 5.41 Å². The zero-order valence-corrected chi connectivity index (χ0v) is 13.3. The van der Waals surface area contributed by atoms with Gasteiger partial charge in [-0.05, 0) is 0 Å². The minimum Gasteiger partial charge on any atom is -0.378 e. The van der Waals surface area contributed by atoms with Crippen molar-refractivity contribution in [1.82, 2.24) is 5.32 Å². The lowest BCUT2D eigenvalue weighted by Gasteiger charge is -2.16. The second-order valence-corrected chi connectivity index (χ2v) is 5.53. The Morgan fingerprint density at radius 2 is 1.57 bits per heavy atom. The van der Waals surface area contributed by atoms with E-state index in [1.807, 2.05) is 20.8 Å². The SMILES string of the molecule is CC(C)(C)C(=O)COCC(=O)NCCOCCOCCN. The average molecular weight is 304 g/mol. The van der Waals surface area contributed by atoms with E-state index in [1.165, 1.54) is 0 Å². The zero-order chi connectivity index (χ0) is 16.1. The van der Waals surface area contributed by atoms with Gasteiger partial charge in [0.05, 0.1) is 26.4 Å². The van der Waals surface area contributed by atoms with Gasteiger partial charge in [-0.2, -0.15) is 0 Å². The van der Waals surface area contributed by atoms with Crippen molar-refractivity contribution < 1.29 is 23.8 Å². The Hall–Kier alpha value is -1.02. The number of rotatable bonds is 12. The van der Waals surface area contributed by atoms with Gasteiger partial charge < -0.3 is 25.3 Å². The number of hydrogen-bond acceptors (Lipinski definition) is 6. The molecule has 0 unspecified atom stereocenters. The predicted molar refractivity (Wildman–Crippen MR) is 79.0 cm³/mol. The normalized spacial score (nSPS) is 11.4. The van der Waals surface area contributed by atoms with Gasteiger partial charge in [0.2, 0.25) is 5.91 Å². The third-order valence-corrected chi connectivity index (χ3v) is 2.51. The molecule has 0 aliphatic heterocycles. The minimum absolute atomic E-state index is 0.0314. The van der Waals surface area contributed by atoms with Crippen LogP contribution in [0.5, 0.6) is 0 Å². The van der Waals surface area contributed by atoms with Gasteiger partial charge in [-0.25, -0.2) is 0 Å². The molecule has 21 heavy (non-hydrogen) atoms. The molecular weight excluding hydrogens is 276 g/mol. The smallest absolute Gasteiger partial charge is 0.246 e. The number of amides is 1. The van der Waals surface area contributed by atoms with E-state index in [2.05, 4.69) is 5.32 Å². The first-order chi connectivity index (χ1) is 9.88. The highest BCUT2D eigenvalue weighted by molar-refractivity contribution is 5.85. The first-order valence-electron chi connectivity index (χ1n) is 7.11. The summed E-state index contributed by atoms with van der Waals surface area (Å²) in [5.41, 5.74) is 4.81. The van der Waals surface area contributed by atoms with Crippen LogP contribution in [-0.4, -0.2) is 64.4 Å². The van der Waals surface area contributed by atoms with Crippen LogP contribution in [0.4, 0.5) is 0 Å². The molecule has 0 aliphatic carbocycles. The molecule has 0 aromatic carbocycles. The summed E-state index contributed by atoms with van der Waals surface area (Å²) in [7, 11) is 0. The van der Waals surface area contributed by atoms with E-state index in [1.54, 1.807) is 0 Å². The van der Waals surface area contributed by atoms with E-state index in [4.69, 9.17) is 19.9 Å². The van der Waals surface area contributed by atoms with Gasteiger partial charge in [0, 0.05) is 18.5 Å². The van der Waals surface area contributed by atoms with Gasteiger partial charge in [0.1, 0.15) is 13.2 Å². The molecule has 0 aliphatic rings. The Labute approximate surface area is 126 Å². The number of nitrogens with one attached hydrogen (secondary N) is 1. The topological polar surface area (TPSA) is 99.9 Å². The summed E-state index contributed by atoms with van der Waals surface area (Å²) in [4.78, 5) is 23.0. The number of ether oxygens (including phenoxy) is 3. The van der Waals surface area contributed by atoms with Gasteiger partial charge in [-0.1, -0.05) is 20.8 Å². The number of carbonyl (C=O) groups excluding carboxylic acids is 2. The van der Waals surface area contributed by atoms with E-state index in [-0.39, 0.29) is 24.9 Å². The Bertz CT molecular complexity index is 302. The molecule has 3 N–H and O–H groups in total. The van der Waals surface area contributed by atoms with Gasteiger partial charge in [-0.3, -0.25) is 9.59 Å². The Balaban J connectivity index is 3.41. The van der Waals surface area contributed by atoms with Crippen molar-refractivity contribution in [3.63, 3.8) is 0 Å². The first-order valence-corrected chi connectivity index (χ1v) is 7.11. The Kier molecular flexibility index (Phi) is 11.1. The standard InChI is InChI=1S/C14H28N2O5/c1-14(2,3)12(17)10-21-11-13(18)16-5-7-20-9-8-19-6-4-15/h4-11,15H2,1-3H3,(H,16,18). The van der Waals surface area contributed by atoms with E-state index in [0.717, 1.165) is 0 Å². The minimum atomic E-state index is -0.448. The third-order valence-electron chi connectivity index (χ3n) is 2.51. The predicted octanol–water partition coefficient (Wildman–Crippen LogP) is -0.274. The Morgan fingerprint density at radius 1 is 0.952 bits per heavy atom. The highest BCUT2D eigenvalue weighted by Gasteiger charge is 2.21. The van der Waals surface area contributed by atoms with Crippen LogP contribution in [0.3, 0.4) is 0 Å². The third kappa shape index (κ3) is 12.4. The van der Waals surface area contributed by atoms with E-state index in [9.17, 15) is 9.59 Å². The molecule has 0 bridgehead atoms. The number of ketones is 1. The molecule has 0 saturated heterocycles. The van der Waals surface area contributed by atoms with Crippen molar-refractivity contribution in [3.05, 3.63) is 0 Å². The molecule has 0 radical (unpaired) electrons. The number of nitrogens with two attached hydrogens (primary N) is 1. The van der Waals surface area contributed by atoms with E-state index in [0.29, 0.717) is 39.5 Å². The van der Waals surface area contributed by atoms with E-state index >= 15 is 0 Å². The van der Waals surface area contributed by atoms with Crippen molar-refractivity contribution in [1.29, 1.82) is 0 Å². The van der Waals surface area contributed by atoms with Gasteiger partial charge >= 0.3 is 0 Å². The number of carbonyl (C=O) groups is 2. The van der Waals surface area contributed by atoms with Crippen LogP contribution >= 0.6 is 0 Å². The molecule has 7 heteroatoms. The summed E-state index contributed by atoms with van der Waals surface area (Å²) in [6.07, 6.45) is 0. The van der Waals surface area contributed by atoms with Crippen LogP contribution in [0.1, 0.15) is 20.8 Å². The molecule has 0 rings (SSSR count). The summed E-state index contributed by atoms with van der Waals surface area (Å²) in [5, 5.41) is 2.64. The summed E-state index contributed by atoms with van der Waals surface area (Å²) >= 11 is 0. The van der Waals surface area contributed by atoms with Gasteiger partial charge in [-0.15, -0.1) is 0 Å². The summed E-state index contributed by atoms with van der Waals surface area (Å²) in [6, 6.07) is 0. The highest BCUT2D eigenvalue weighted by atomic mass is 16.5. The Morgan fingerprint density at radius 3 is 2.14 bits per heavy atom. The fourth-order valence-corrected chi connectivity index (χ4v) is 1.17. The van der Waals surface area contributed by atoms with Gasteiger partial charge in [0.25, 0.3) is 0 Å². The second kappa shape index (κ2) is 11.6. The molecule has 0 aromatic rings. The molecule has 124 valence electrons. The van der Waals surface area contributed by atoms with Crippen LogP contribution in [0.2, 0.25) is 0 Å². The maximum absolute atomic E-state index is 11.6. The lowest BCUT2D eigenvalue weighted by atomic mass is 9.91. The molecule has 7 nitrogen and oxygen atoms in total. The molecule has 0 saturated carbocycles. The van der Waals surface area contributed by atoms with Crippen molar-refractivity contribution in [3.8, 4) is 0 Å².